The van der Waals surface area contributed by atoms with E-state index in [0.29, 0.717) is 5.92 Å². The van der Waals surface area contributed by atoms with Gasteiger partial charge in [-0.25, -0.2) is 0 Å². The lowest BCUT2D eigenvalue weighted by Crippen LogP contribution is -2.39. The van der Waals surface area contributed by atoms with Gasteiger partial charge in [0, 0.05) is 38.7 Å². The van der Waals surface area contributed by atoms with Crippen molar-refractivity contribution in [3.05, 3.63) is 41.5 Å². The average molecular weight is 312 g/mol. The van der Waals surface area contributed by atoms with Gasteiger partial charge in [-0.05, 0) is 24.5 Å². The summed E-state index contributed by atoms with van der Waals surface area (Å²) in [6, 6.07) is 8.61. The fourth-order valence-corrected chi connectivity index (χ4v) is 3.66. The number of hydrogen-bond donors (Lipinski definition) is 0. The minimum atomic E-state index is 0.240. The summed E-state index contributed by atoms with van der Waals surface area (Å²) in [5.41, 5.74) is 2.65. The Morgan fingerprint density at radius 1 is 1.22 bits per heavy atom. The number of nitrogens with zero attached hydrogens (tertiary/aromatic N) is 4. The smallest absolute Gasteiger partial charge is 0.152 e. The molecule has 1 aromatic carbocycles. The maximum absolute atomic E-state index is 5.63. The van der Waals surface area contributed by atoms with Crippen molar-refractivity contribution in [3.63, 3.8) is 0 Å². The SMILES string of the molecule is COC1Cc2ccccc2N(Cc2nnc(C3CCC3)n2C)C1. The van der Waals surface area contributed by atoms with Gasteiger partial charge in [-0.1, -0.05) is 24.6 Å². The molecule has 1 unspecified atom stereocenters. The molecule has 5 heteroatoms. The molecule has 122 valence electrons. The summed E-state index contributed by atoms with van der Waals surface area (Å²) in [5, 5.41) is 8.92. The van der Waals surface area contributed by atoms with Gasteiger partial charge in [-0.3, -0.25) is 0 Å². The molecule has 2 aliphatic rings. The lowest BCUT2D eigenvalue weighted by molar-refractivity contribution is 0.104. The van der Waals surface area contributed by atoms with Crippen LogP contribution < -0.4 is 4.90 Å². The fourth-order valence-electron chi connectivity index (χ4n) is 3.66. The van der Waals surface area contributed by atoms with Crippen molar-refractivity contribution in [1.29, 1.82) is 0 Å². The Hall–Kier alpha value is -1.88. The second-order valence-electron chi connectivity index (χ2n) is 6.73. The first-order chi connectivity index (χ1) is 11.3. The molecule has 4 rings (SSSR count). The molecular formula is C18H24N4O. The summed E-state index contributed by atoms with van der Waals surface area (Å²) in [6.45, 7) is 1.69. The predicted octanol–water partition coefficient (Wildman–Crippen LogP) is 2.66. The van der Waals surface area contributed by atoms with Crippen molar-refractivity contribution in [3.8, 4) is 0 Å². The number of rotatable bonds is 4. The van der Waals surface area contributed by atoms with Crippen molar-refractivity contribution in [1.82, 2.24) is 14.8 Å². The van der Waals surface area contributed by atoms with Crippen molar-refractivity contribution in [2.24, 2.45) is 7.05 Å². The Morgan fingerprint density at radius 3 is 2.78 bits per heavy atom. The molecule has 1 aliphatic heterocycles. The summed E-state index contributed by atoms with van der Waals surface area (Å²) in [5.74, 6) is 2.81. The maximum atomic E-state index is 5.63. The minimum Gasteiger partial charge on any atom is -0.379 e. The maximum Gasteiger partial charge on any atom is 0.152 e. The van der Waals surface area contributed by atoms with E-state index in [-0.39, 0.29) is 6.10 Å². The van der Waals surface area contributed by atoms with Gasteiger partial charge in [0.05, 0.1) is 12.6 Å². The van der Waals surface area contributed by atoms with Gasteiger partial charge < -0.3 is 14.2 Å². The van der Waals surface area contributed by atoms with E-state index in [1.807, 2.05) is 0 Å². The van der Waals surface area contributed by atoms with Crippen LogP contribution in [-0.4, -0.2) is 34.5 Å². The second kappa shape index (κ2) is 5.96. The molecule has 1 aromatic heterocycles. The third-order valence-electron chi connectivity index (χ3n) is 5.34. The van der Waals surface area contributed by atoms with Crippen LogP contribution >= 0.6 is 0 Å². The van der Waals surface area contributed by atoms with E-state index in [1.165, 1.54) is 30.5 Å². The van der Waals surface area contributed by atoms with Crippen LogP contribution in [0.2, 0.25) is 0 Å². The second-order valence-corrected chi connectivity index (χ2v) is 6.73. The van der Waals surface area contributed by atoms with Gasteiger partial charge in [-0.15, -0.1) is 10.2 Å². The molecule has 23 heavy (non-hydrogen) atoms. The molecule has 1 atom stereocenters. The molecule has 1 fully saturated rings. The molecule has 2 aromatic rings. The molecular weight excluding hydrogens is 288 g/mol. The summed E-state index contributed by atoms with van der Waals surface area (Å²) < 4.78 is 7.83. The van der Waals surface area contributed by atoms with E-state index in [1.54, 1.807) is 7.11 Å². The number of benzene rings is 1. The van der Waals surface area contributed by atoms with Gasteiger partial charge in [0.2, 0.25) is 0 Å². The highest BCUT2D eigenvalue weighted by Crippen LogP contribution is 2.35. The number of ether oxygens (including phenoxy) is 1. The van der Waals surface area contributed by atoms with Crippen LogP contribution in [0, 0.1) is 0 Å². The normalized spacial score (nSPS) is 21.1. The highest BCUT2D eigenvalue weighted by Gasteiger charge is 2.28. The van der Waals surface area contributed by atoms with Crippen molar-refractivity contribution in [2.45, 2.75) is 44.2 Å². The van der Waals surface area contributed by atoms with Crippen LogP contribution in [0.5, 0.6) is 0 Å². The lowest BCUT2D eigenvalue weighted by Gasteiger charge is -2.35. The zero-order valence-corrected chi connectivity index (χ0v) is 13.9. The summed E-state index contributed by atoms with van der Waals surface area (Å²) in [4.78, 5) is 2.38. The predicted molar refractivity (Wildman–Crippen MR) is 89.6 cm³/mol. The average Bonchev–Trinajstić information content (AvgIpc) is 2.87. The Balaban J connectivity index is 1.59. The Morgan fingerprint density at radius 2 is 2.04 bits per heavy atom. The van der Waals surface area contributed by atoms with Crippen molar-refractivity contribution >= 4 is 5.69 Å². The topological polar surface area (TPSA) is 43.2 Å². The summed E-state index contributed by atoms with van der Waals surface area (Å²) in [7, 11) is 3.90. The molecule has 0 spiro atoms. The lowest BCUT2D eigenvalue weighted by atomic mass is 9.85. The zero-order valence-electron chi connectivity index (χ0n) is 13.9. The number of hydrogen-bond acceptors (Lipinski definition) is 4. The molecule has 1 aliphatic carbocycles. The molecule has 0 amide bonds. The largest absolute Gasteiger partial charge is 0.379 e. The van der Waals surface area contributed by atoms with E-state index < -0.39 is 0 Å². The van der Waals surface area contributed by atoms with Gasteiger partial charge in [0.1, 0.15) is 5.82 Å². The van der Waals surface area contributed by atoms with Crippen LogP contribution in [0.1, 0.15) is 42.4 Å². The Bertz CT molecular complexity index is 692. The van der Waals surface area contributed by atoms with E-state index in [2.05, 4.69) is 51.0 Å². The van der Waals surface area contributed by atoms with Gasteiger partial charge in [0.25, 0.3) is 0 Å². The molecule has 0 N–H and O–H groups in total. The fraction of sp³-hybridized carbons (Fsp3) is 0.556. The third kappa shape index (κ3) is 2.63. The van der Waals surface area contributed by atoms with Crippen molar-refractivity contribution in [2.75, 3.05) is 18.6 Å². The van der Waals surface area contributed by atoms with E-state index in [9.17, 15) is 0 Å². The van der Waals surface area contributed by atoms with Crippen LogP contribution in [0.25, 0.3) is 0 Å². The standard InChI is InChI=1S/C18H24N4O/c1-21-17(19-20-18(21)13-7-5-8-13)12-22-11-15(23-2)10-14-6-3-4-9-16(14)22/h3-4,6,9,13,15H,5,7-8,10-12H2,1-2H3. The zero-order chi connectivity index (χ0) is 15.8. The Labute approximate surface area is 137 Å². The first-order valence-corrected chi connectivity index (χ1v) is 8.50. The number of para-hydroxylation sites is 1. The van der Waals surface area contributed by atoms with Gasteiger partial charge in [0.15, 0.2) is 5.82 Å². The summed E-state index contributed by atoms with van der Waals surface area (Å²) in [6.07, 6.45) is 5.05. The van der Waals surface area contributed by atoms with E-state index in [0.717, 1.165) is 31.2 Å². The Kier molecular flexibility index (Phi) is 3.81. The molecule has 0 bridgehead atoms. The first kappa shape index (κ1) is 14.7. The van der Waals surface area contributed by atoms with Crippen LogP contribution in [0.4, 0.5) is 5.69 Å². The highest BCUT2D eigenvalue weighted by molar-refractivity contribution is 5.56. The van der Waals surface area contributed by atoms with Gasteiger partial charge in [-0.2, -0.15) is 0 Å². The number of fused-ring (bicyclic) bond motifs is 1. The van der Waals surface area contributed by atoms with E-state index >= 15 is 0 Å². The van der Waals surface area contributed by atoms with Crippen LogP contribution in [0.3, 0.4) is 0 Å². The highest BCUT2D eigenvalue weighted by atomic mass is 16.5. The quantitative estimate of drug-likeness (QED) is 0.870. The first-order valence-electron chi connectivity index (χ1n) is 8.50. The van der Waals surface area contributed by atoms with Gasteiger partial charge >= 0.3 is 0 Å². The molecule has 5 nitrogen and oxygen atoms in total. The van der Waals surface area contributed by atoms with Crippen molar-refractivity contribution < 1.29 is 4.74 Å². The van der Waals surface area contributed by atoms with E-state index in [4.69, 9.17) is 4.74 Å². The van der Waals surface area contributed by atoms with Crippen LogP contribution in [-0.2, 0) is 24.8 Å². The number of anilines is 1. The third-order valence-corrected chi connectivity index (χ3v) is 5.34. The number of methoxy groups -OCH3 is 1. The molecule has 0 saturated heterocycles. The molecule has 0 radical (unpaired) electrons. The molecule has 2 heterocycles. The summed E-state index contributed by atoms with van der Waals surface area (Å²) >= 11 is 0. The number of aromatic nitrogens is 3. The monoisotopic (exact) mass is 312 g/mol. The molecule has 1 saturated carbocycles. The van der Waals surface area contributed by atoms with Crippen LogP contribution in [0.15, 0.2) is 24.3 Å². The minimum absolute atomic E-state index is 0.240.